The van der Waals surface area contributed by atoms with Crippen LogP contribution in [0, 0.1) is 0 Å². The Kier molecular flexibility index (Phi) is 6.38. The summed E-state index contributed by atoms with van der Waals surface area (Å²) in [6.45, 7) is 9.08. The van der Waals surface area contributed by atoms with Crippen LogP contribution in [0.5, 0.6) is 5.75 Å². The number of carbonyl (C=O) groups is 1. The fraction of sp³-hybridized carbons (Fsp3) is 0.444. The number of fused-ring (bicyclic) bond motifs is 1. The lowest BCUT2D eigenvalue weighted by molar-refractivity contribution is 0.0298. The molecule has 3 heterocycles. The molecule has 0 N–H and O–H groups in total. The van der Waals surface area contributed by atoms with Crippen LogP contribution in [0.4, 0.5) is 0 Å². The number of benzene rings is 2. The summed E-state index contributed by atoms with van der Waals surface area (Å²) in [4.78, 5) is 17.9. The van der Waals surface area contributed by atoms with Crippen molar-refractivity contribution in [3.05, 3.63) is 60.3 Å². The second-order valence-corrected chi connectivity index (χ2v) is 9.27. The Bertz CT molecular complexity index is 1090. The van der Waals surface area contributed by atoms with Crippen LogP contribution in [0.1, 0.15) is 37.2 Å². The number of hydrogen-bond acceptors (Lipinski definition) is 4. The van der Waals surface area contributed by atoms with Gasteiger partial charge in [-0.05, 0) is 63.1 Å². The maximum atomic E-state index is 13.5. The highest BCUT2D eigenvalue weighted by molar-refractivity contribution is 6.00. The number of nitrogens with zero attached hydrogens (tertiary/aromatic N) is 3. The number of rotatable bonds is 5. The van der Waals surface area contributed by atoms with E-state index in [2.05, 4.69) is 35.4 Å². The number of amides is 1. The highest BCUT2D eigenvalue weighted by Gasteiger charge is 2.25. The van der Waals surface area contributed by atoms with E-state index in [1.165, 1.54) is 0 Å². The molecule has 6 nitrogen and oxygen atoms in total. The van der Waals surface area contributed by atoms with E-state index in [4.69, 9.17) is 9.47 Å². The van der Waals surface area contributed by atoms with Gasteiger partial charge in [0.2, 0.25) is 0 Å². The largest absolute Gasteiger partial charge is 0.490 e. The quantitative estimate of drug-likeness (QED) is 0.583. The standard InChI is InChI=1S/C27H33N3O3/c1-20(2)28-12-10-23(11-13-28)33-24-8-9-25-21(18-24)19-26(27(31)29-14-16-32-17-15-29)30(25)22-6-4-3-5-7-22/h3-9,18-20,23H,10-17H2,1-2H3. The first-order chi connectivity index (χ1) is 16.1. The predicted octanol–water partition coefficient (Wildman–Crippen LogP) is 4.35. The predicted molar refractivity (Wildman–Crippen MR) is 130 cm³/mol. The first-order valence-corrected chi connectivity index (χ1v) is 12.1. The molecule has 2 aromatic carbocycles. The molecule has 2 fully saturated rings. The Balaban J connectivity index is 1.45. The van der Waals surface area contributed by atoms with E-state index in [1.807, 2.05) is 47.4 Å². The molecule has 2 saturated heterocycles. The first kappa shape index (κ1) is 22.0. The summed E-state index contributed by atoms with van der Waals surface area (Å²) >= 11 is 0. The lowest BCUT2D eigenvalue weighted by Gasteiger charge is -2.34. The van der Waals surface area contributed by atoms with Gasteiger partial charge >= 0.3 is 0 Å². The van der Waals surface area contributed by atoms with Gasteiger partial charge < -0.3 is 23.8 Å². The summed E-state index contributed by atoms with van der Waals surface area (Å²) in [7, 11) is 0. The Morgan fingerprint density at radius 2 is 1.70 bits per heavy atom. The number of piperidine rings is 1. The average molecular weight is 448 g/mol. The van der Waals surface area contributed by atoms with Gasteiger partial charge in [-0.1, -0.05) is 18.2 Å². The molecule has 6 heteroatoms. The third-order valence-electron chi connectivity index (χ3n) is 6.81. The monoisotopic (exact) mass is 447 g/mol. The van der Waals surface area contributed by atoms with Crippen LogP contribution in [0.3, 0.4) is 0 Å². The van der Waals surface area contributed by atoms with Crippen LogP contribution in [-0.2, 0) is 4.74 Å². The van der Waals surface area contributed by atoms with E-state index >= 15 is 0 Å². The number of para-hydroxylation sites is 1. The second-order valence-electron chi connectivity index (χ2n) is 9.27. The van der Waals surface area contributed by atoms with Gasteiger partial charge in [-0.25, -0.2) is 0 Å². The number of morpholine rings is 1. The first-order valence-electron chi connectivity index (χ1n) is 12.1. The van der Waals surface area contributed by atoms with Crippen LogP contribution in [-0.4, -0.2) is 71.8 Å². The summed E-state index contributed by atoms with van der Waals surface area (Å²) < 4.78 is 13.9. The lowest BCUT2D eigenvalue weighted by Crippen LogP contribution is -2.41. The third kappa shape index (κ3) is 4.63. The summed E-state index contributed by atoms with van der Waals surface area (Å²) in [5.74, 6) is 0.919. The third-order valence-corrected chi connectivity index (χ3v) is 6.81. The molecule has 1 aromatic heterocycles. The summed E-state index contributed by atoms with van der Waals surface area (Å²) in [6, 6.07) is 18.9. The Labute approximate surface area is 195 Å². The van der Waals surface area contributed by atoms with Crippen LogP contribution in [0.15, 0.2) is 54.6 Å². The molecule has 0 spiro atoms. The summed E-state index contributed by atoms with van der Waals surface area (Å²) in [6.07, 6.45) is 2.33. The van der Waals surface area contributed by atoms with Crippen molar-refractivity contribution in [1.82, 2.24) is 14.4 Å². The molecule has 3 aromatic rings. The van der Waals surface area contributed by atoms with Crippen molar-refractivity contribution in [2.45, 2.75) is 38.8 Å². The molecule has 0 saturated carbocycles. The molecule has 5 rings (SSSR count). The topological polar surface area (TPSA) is 46.9 Å². The normalized spacial score (nSPS) is 18.2. The van der Waals surface area contributed by atoms with E-state index in [9.17, 15) is 4.79 Å². The van der Waals surface area contributed by atoms with Crippen molar-refractivity contribution >= 4 is 16.8 Å². The molecule has 0 unspecified atom stereocenters. The van der Waals surface area contributed by atoms with Gasteiger partial charge in [-0.15, -0.1) is 0 Å². The van der Waals surface area contributed by atoms with E-state index in [1.54, 1.807) is 0 Å². The fourth-order valence-corrected chi connectivity index (χ4v) is 4.91. The van der Waals surface area contributed by atoms with E-state index in [-0.39, 0.29) is 12.0 Å². The van der Waals surface area contributed by atoms with E-state index in [0.717, 1.165) is 48.3 Å². The number of carbonyl (C=O) groups excluding carboxylic acids is 1. The van der Waals surface area contributed by atoms with Crippen molar-refractivity contribution in [2.24, 2.45) is 0 Å². The molecule has 33 heavy (non-hydrogen) atoms. The van der Waals surface area contributed by atoms with Gasteiger partial charge in [0.05, 0.1) is 18.7 Å². The molecule has 2 aliphatic rings. The maximum absolute atomic E-state index is 13.5. The van der Waals surface area contributed by atoms with Gasteiger partial charge in [0.1, 0.15) is 17.5 Å². The van der Waals surface area contributed by atoms with Gasteiger partial charge in [0.25, 0.3) is 5.91 Å². The maximum Gasteiger partial charge on any atom is 0.271 e. The highest BCUT2D eigenvalue weighted by Crippen LogP contribution is 2.30. The summed E-state index contributed by atoms with van der Waals surface area (Å²) in [5, 5.41) is 1.02. The minimum absolute atomic E-state index is 0.0434. The SMILES string of the molecule is CC(C)N1CCC(Oc2ccc3c(c2)cc(C(=O)N2CCOCC2)n3-c2ccccc2)CC1. The number of likely N-dealkylation sites (tertiary alicyclic amines) is 1. The van der Waals surface area contributed by atoms with Gasteiger partial charge in [-0.2, -0.15) is 0 Å². The number of hydrogen-bond donors (Lipinski definition) is 0. The molecule has 0 aliphatic carbocycles. The van der Waals surface area contributed by atoms with Crippen molar-refractivity contribution in [1.29, 1.82) is 0 Å². The zero-order valence-electron chi connectivity index (χ0n) is 19.6. The Morgan fingerprint density at radius 1 is 0.970 bits per heavy atom. The number of ether oxygens (including phenoxy) is 2. The summed E-state index contributed by atoms with van der Waals surface area (Å²) in [5.41, 5.74) is 2.68. The van der Waals surface area contributed by atoms with Gasteiger partial charge in [0.15, 0.2) is 0 Å². The molecular weight excluding hydrogens is 414 g/mol. The van der Waals surface area contributed by atoms with Crippen molar-refractivity contribution in [3.63, 3.8) is 0 Å². The van der Waals surface area contributed by atoms with E-state index in [0.29, 0.717) is 38.0 Å². The molecule has 2 aliphatic heterocycles. The lowest BCUT2D eigenvalue weighted by atomic mass is 10.1. The van der Waals surface area contributed by atoms with Crippen LogP contribution < -0.4 is 4.74 Å². The van der Waals surface area contributed by atoms with Crippen LogP contribution >= 0.6 is 0 Å². The minimum Gasteiger partial charge on any atom is -0.490 e. The molecular formula is C27H33N3O3. The van der Waals surface area contributed by atoms with Crippen LogP contribution in [0.25, 0.3) is 16.6 Å². The van der Waals surface area contributed by atoms with Crippen molar-refractivity contribution < 1.29 is 14.3 Å². The van der Waals surface area contributed by atoms with Gasteiger partial charge in [0, 0.05) is 43.3 Å². The number of aromatic nitrogens is 1. The molecule has 0 atom stereocenters. The molecule has 1 amide bonds. The zero-order chi connectivity index (χ0) is 22.8. The van der Waals surface area contributed by atoms with Gasteiger partial charge in [-0.3, -0.25) is 4.79 Å². The Morgan fingerprint density at radius 3 is 2.39 bits per heavy atom. The fourth-order valence-electron chi connectivity index (χ4n) is 4.91. The van der Waals surface area contributed by atoms with E-state index < -0.39 is 0 Å². The zero-order valence-corrected chi connectivity index (χ0v) is 19.6. The van der Waals surface area contributed by atoms with Crippen molar-refractivity contribution in [2.75, 3.05) is 39.4 Å². The Hall–Kier alpha value is -2.83. The second kappa shape index (κ2) is 9.57. The molecule has 174 valence electrons. The average Bonchev–Trinajstić information content (AvgIpc) is 3.24. The highest BCUT2D eigenvalue weighted by atomic mass is 16.5. The minimum atomic E-state index is 0.0434. The van der Waals surface area contributed by atoms with Crippen molar-refractivity contribution in [3.8, 4) is 11.4 Å². The smallest absolute Gasteiger partial charge is 0.271 e. The molecule has 0 bridgehead atoms. The van der Waals surface area contributed by atoms with Crippen LogP contribution in [0.2, 0.25) is 0 Å². The molecule has 0 radical (unpaired) electrons.